The Labute approximate surface area is 90.1 Å². The zero-order valence-electron chi connectivity index (χ0n) is 8.90. The minimum atomic E-state index is 0.700. The Balaban J connectivity index is 2.00. The first-order chi connectivity index (χ1) is 7.38. The smallest absolute Gasteiger partial charge is 0.0140 e. The van der Waals surface area contributed by atoms with E-state index in [1.165, 1.54) is 22.8 Å². The summed E-state index contributed by atoms with van der Waals surface area (Å²) < 4.78 is 0. The summed E-state index contributed by atoms with van der Waals surface area (Å²) in [5.41, 5.74) is 1.48. The Bertz CT molecular complexity index is 489. The molecule has 0 aromatic heterocycles. The normalized spacial score (nSPS) is 24.3. The maximum absolute atomic E-state index is 3.34. The van der Waals surface area contributed by atoms with E-state index in [2.05, 4.69) is 47.8 Å². The van der Waals surface area contributed by atoms with Gasteiger partial charge in [-0.25, -0.2) is 0 Å². The lowest BCUT2D eigenvalue weighted by Gasteiger charge is -2.02. The molecule has 0 saturated heterocycles. The third-order valence-corrected chi connectivity index (χ3v) is 3.36. The molecule has 0 spiro atoms. The highest BCUT2D eigenvalue weighted by Gasteiger charge is 2.36. The molecule has 2 aromatic rings. The lowest BCUT2D eigenvalue weighted by Crippen LogP contribution is -2.10. The van der Waals surface area contributed by atoms with E-state index < -0.39 is 0 Å². The molecule has 1 aliphatic carbocycles. The topological polar surface area (TPSA) is 12.0 Å². The van der Waals surface area contributed by atoms with Crippen LogP contribution in [0.4, 0.5) is 0 Å². The second-order valence-corrected chi connectivity index (χ2v) is 4.34. The van der Waals surface area contributed by atoms with Gasteiger partial charge in [0.2, 0.25) is 0 Å². The predicted octanol–water partition coefficient (Wildman–Crippen LogP) is 2.92. The third kappa shape index (κ3) is 1.53. The number of fused-ring (bicyclic) bond motifs is 1. The number of likely N-dealkylation sites (N-methyl/N-ethyl adjacent to an activating group) is 1. The van der Waals surface area contributed by atoms with Crippen LogP contribution in [0.2, 0.25) is 0 Å². The van der Waals surface area contributed by atoms with Crippen LogP contribution < -0.4 is 5.32 Å². The first-order valence-corrected chi connectivity index (χ1v) is 5.54. The number of hydrogen-bond donors (Lipinski definition) is 1. The molecule has 76 valence electrons. The standard InChI is InChI=1S/C14H15N/c1-15-14-9-13(14)12-7-6-10-4-2-3-5-11(10)8-12/h2-8,13-15H,9H2,1H3. The van der Waals surface area contributed by atoms with Gasteiger partial charge in [0.25, 0.3) is 0 Å². The molecule has 1 aliphatic rings. The highest BCUT2D eigenvalue weighted by molar-refractivity contribution is 5.83. The predicted molar refractivity (Wildman–Crippen MR) is 64.2 cm³/mol. The molecule has 0 bridgehead atoms. The van der Waals surface area contributed by atoms with E-state index >= 15 is 0 Å². The molecule has 0 amide bonds. The molecule has 1 heteroatoms. The van der Waals surface area contributed by atoms with Crippen LogP contribution in [0.3, 0.4) is 0 Å². The number of rotatable bonds is 2. The van der Waals surface area contributed by atoms with Gasteiger partial charge < -0.3 is 5.32 Å². The summed E-state index contributed by atoms with van der Waals surface area (Å²) >= 11 is 0. The van der Waals surface area contributed by atoms with Gasteiger partial charge in [-0.05, 0) is 29.8 Å². The summed E-state index contributed by atoms with van der Waals surface area (Å²) in [6.45, 7) is 0. The van der Waals surface area contributed by atoms with Crippen molar-refractivity contribution in [3.63, 3.8) is 0 Å². The molecule has 1 fully saturated rings. The van der Waals surface area contributed by atoms with Crippen molar-refractivity contribution in [1.82, 2.24) is 5.32 Å². The summed E-state index contributed by atoms with van der Waals surface area (Å²) in [4.78, 5) is 0. The molecule has 1 saturated carbocycles. The molecule has 2 aromatic carbocycles. The van der Waals surface area contributed by atoms with Gasteiger partial charge in [-0.2, -0.15) is 0 Å². The lowest BCUT2D eigenvalue weighted by atomic mass is 10.0. The largest absolute Gasteiger partial charge is 0.316 e. The van der Waals surface area contributed by atoms with Crippen molar-refractivity contribution in [2.45, 2.75) is 18.4 Å². The molecular weight excluding hydrogens is 182 g/mol. The Morgan fingerprint density at radius 1 is 1.07 bits per heavy atom. The summed E-state index contributed by atoms with van der Waals surface area (Å²) in [6.07, 6.45) is 1.29. The molecule has 2 unspecified atom stereocenters. The molecule has 0 aliphatic heterocycles. The highest BCUT2D eigenvalue weighted by atomic mass is 14.9. The van der Waals surface area contributed by atoms with Gasteiger partial charge in [-0.3, -0.25) is 0 Å². The van der Waals surface area contributed by atoms with E-state index in [-0.39, 0.29) is 0 Å². The maximum atomic E-state index is 3.34. The summed E-state index contributed by atoms with van der Waals surface area (Å²) in [6, 6.07) is 16.1. The third-order valence-electron chi connectivity index (χ3n) is 3.36. The number of hydrogen-bond acceptors (Lipinski definition) is 1. The second-order valence-electron chi connectivity index (χ2n) is 4.34. The monoisotopic (exact) mass is 197 g/mol. The minimum absolute atomic E-state index is 0.700. The summed E-state index contributed by atoms with van der Waals surface area (Å²) in [5, 5.41) is 6.03. The van der Waals surface area contributed by atoms with Gasteiger partial charge in [0.15, 0.2) is 0 Å². The van der Waals surface area contributed by atoms with Crippen LogP contribution in [0.15, 0.2) is 42.5 Å². The maximum Gasteiger partial charge on any atom is 0.0140 e. The van der Waals surface area contributed by atoms with Crippen molar-refractivity contribution >= 4 is 10.8 Å². The Morgan fingerprint density at radius 3 is 2.60 bits per heavy atom. The average molecular weight is 197 g/mol. The molecule has 15 heavy (non-hydrogen) atoms. The SMILES string of the molecule is CNC1CC1c1ccc2ccccc2c1. The molecule has 2 atom stereocenters. The Morgan fingerprint density at radius 2 is 1.87 bits per heavy atom. The van der Waals surface area contributed by atoms with Crippen molar-refractivity contribution in [2.75, 3.05) is 7.05 Å². The first-order valence-electron chi connectivity index (χ1n) is 5.54. The van der Waals surface area contributed by atoms with Gasteiger partial charge in [0.1, 0.15) is 0 Å². The van der Waals surface area contributed by atoms with E-state index in [0.29, 0.717) is 6.04 Å². The van der Waals surface area contributed by atoms with Crippen LogP contribution in [0.5, 0.6) is 0 Å². The average Bonchev–Trinajstić information content (AvgIpc) is 3.08. The number of benzene rings is 2. The van der Waals surface area contributed by atoms with Crippen LogP contribution in [0.1, 0.15) is 17.9 Å². The highest BCUT2D eigenvalue weighted by Crippen LogP contribution is 2.41. The van der Waals surface area contributed by atoms with Crippen molar-refractivity contribution in [2.24, 2.45) is 0 Å². The zero-order chi connectivity index (χ0) is 10.3. The fraction of sp³-hybridized carbons (Fsp3) is 0.286. The molecule has 0 heterocycles. The summed E-state index contributed by atoms with van der Waals surface area (Å²) in [7, 11) is 2.05. The molecule has 3 rings (SSSR count). The Hall–Kier alpha value is -1.34. The fourth-order valence-electron chi connectivity index (χ4n) is 2.32. The molecule has 1 nitrogen and oxygen atoms in total. The molecular formula is C14H15N. The Kier molecular flexibility index (Phi) is 2.00. The van der Waals surface area contributed by atoms with Gasteiger partial charge in [-0.1, -0.05) is 42.5 Å². The van der Waals surface area contributed by atoms with E-state index in [4.69, 9.17) is 0 Å². The van der Waals surface area contributed by atoms with Gasteiger partial charge >= 0.3 is 0 Å². The van der Waals surface area contributed by atoms with Crippen LogP contribution in [-0.4, -0.2) is 13.1 Å². The van der Waals surface area contributed by atoms with Gasteiger partial charge in [0, 0.05) is 12.0 Å². The van der Waals surface area contributed by atoms with Crippen LogP contribution in [-0.2, 0) is 0 Å². The van der Waals surface area contributed by atoms with E-state index in [1.54, 1.807) is 0 Å². The van der Waals surface area contributed by atoms with Crippen LogP contribution in [0, 0.1) is 0 Å². The van der Waals surface area contributed by atoms with Crippen molar-refractivity contribution in [1.29, 1.82) is 0 Å². The second kappa shape index (κ2) is 3.35. The summed E-state index contributed by atoms with van der Waals surface area (Å²) in [5.74, 6) is 0.736. The van der Waals surface area contributed by atoms with Crippen molar-refractivity contribution < 1.29 is 0 Å². The number of nitrogens with one attached hydrogen (secondary N) is 1. The first kappa shape index (κ1) is 8.93. The fourth-order valence-corrected chi connectivity index (χ4v) is 2.32. The van der Waals surface area contributed by atoms with E-state index in [1.807, 2.05) is 7.05 Å². The van der Waals surface area contributed by atoms with E-state index in [9.17, 15) is 0 Å². The minimum Gasteiger partial charge on any atom is -0.316 e. The molecule has 0 radical (unpaired) electrons. The van der Waals surface area contributed by atoms with Crippen LogP contribution >= 0.6 is 0 Å². The van der Waals surface area contributed by atoms with Gasteiger partial charge in [0.05, 0.1) is 0 Å². The molecule has 1 N–H and O–H groups in total. The lowest BCUT2D eigenvalue weighted by molar-refractivity contribution is 0.784. The zero-order valence-corrected chi connectivity index (χ0v) is 8.90. The van der Waals surface area contributed by atoms with Crippen molar-refractivity contribution in [3.05, 3.63) is 48.0 Å². The van der Waals surface area contributed by atoms with Crippen LogP contribution in [0.25, 0.3) is 10.8 Å². The van der Waals surface area contributed by atoms with Crippen molar-refractivity contribution in [3.8, 4) is 0 Å². The van der Waals surface area contributed by atoms with E-state index in [0.717, 1.165) is 5.92 Å². The quantitative estimate of drug-likeness (QED) is 0.780. The van der Waals surface area contributed by atoms with Gasteiger partial charge in [-0.15, -0.1) is 0 Å².